The average Bonchev–Trinajstić information content (AvgIpc) is 2.25. The van der Waals surface area contributed by atoms with Crippen LogP contribution in [0.4, 0.5) is 0 Å². The first kappa shape index (κ1) is 12.6. The number of esters is 1. The highest BCUT2D eigenvalue weighted by Gasteiger charge is 2.13. The van der Waals surface area contributed by atoms with E-state index in [2.05, 4.69) is 18.7 Å². The molecular formula is C12H13NO2S. The van der Waals surface area contributed by atoms with Crippen LogP contribution in [0.3, 0.4) is 0 Å². The van der Waals surface area contributed by atoms with Gasteiger partial charge in [-0.15, -0.1) is 12.6 Å². The minimum absolute atomic E-state index is 0.0945. The molecule has 0 saturated carbocycles. The maximum Gasteiger partial charge on any atom is 0.310 e. The Morgan fingerprint density at radius 2 is 2.25 bits per heavy atom. The van der Waals surface area contributed by atoms with Crippen LogP contribution in [0.5, 0.6) is 0 Å². The highest BCUT2D eigenvalue weighted by Crippen LogP contribution is 2.23. The van der Waals surface area contributed by atoms with Crippen LogP contribution in [-0.2, 0) is 16.0 Å². The number of carbonyl (C=O) groups excluding carboxylic acids is 1. The summed E-state index contributed by atoms with van der Waals surface area (Å²) in [5, 5.41) is 8.94. The average molecular weight is 235 g/mol. The van der Waals surface area contributed by atoms with Gasteiger partial charge < -0.3 is 4.74 Å². The number of ether oxygens (including phenoxy) is 1. The zero-order valence-corrected chi connectivity index (χ0v) is 10.2. The molecule has 3 nitrogen and oxygen atoms in total. The van der Waals surface area contributed by atoms with Gasteiger partial charge in [-0.3, -0.25) is 4.79 Å². The standard InChI is InChI=1S/C12H13NO2S/c1-3-15-11(14)6-10-9(7-13)5-4-8(2)12(10)16/h4-5,16H,3,6H2,1-2H3. The number of nitrogens with zero attached hydrogens (tertiary/aromatic N) is 1. The maximum atomic E-state index is 11.4. The quantitative estimate of drug-likeness (QED) is 0.646. The van der Waals surface area contributed by atoms with Gasteiger partial charge in [-0.05, 0) is 31.0 Å². The molecular weight excluding hydrogens is 222 g/mol. The molecule has 1 rings (SSSR count). The maximum absolute atomic E-state index is 11.4. The van der Waals surface area contributed by atoms with Gasteiger partial charge in [0.15, 0.2) is 0 Å². The predicted molar refractivity (Wildman–Crippen MR) is 63.5 cm³/mol. The van der Waals surface area contributed by atoms with E-state index in [1.54, 1.807) is 13.0 Å². The second kappa shape index (κ2) is 5.57. The van der Waals surface area contributed by atoms with E-state index < -0.39 is 0 Å². The van der Waals surface area contributed by atoms with Gasteiger partial charge in [0.2, 0.25) is 0 Å². The van der Waals surface area contributed by atoms with Gasteiger partial charge >= 0.3 is 5.97 Å². The lowest BCUT2D eigenvalue weighted by molar-refractivity contribution is -0.142. The third-order valence-electron chi connectivity index (χ3n) is 2.23. The summed E-state index contributed by atoms with van der Waals surface area (Å²) in [6, 6.07) is 5.57. The molecule has 0 N–H and O–H groups in total. The fraction of sp³-hybridized carbons (Fsp3) is 0.333. The van der Waals surface area contributed by atoms with E-state index in [1.165, 1.54) is 0 Å². The molecule has 0 aliphatic rings. The Kier molecular flexibility index (Phi) is 4.39. The molecule has 0 unspecified atom stereocenters. The molecule has 0 spiro atoms. The lowest BCUT2D eigenvalue weighted by Gasteiger charge is -2.09. The SMILES string of the molecule is CCOC(=O)Cc1c(C#N)ccc(C)c1S. The summed E-state index contributed by atoms with van der Waals surface area (Å²) in [6.07, 6.45) is 0.0945. The van der Waals surface area contributed by atoms with Crippen molar-refractivity contribution in [3.05, 3.63) is 28.8 Å². The van der Waals surface area contributed by atoms with Crippen molar-refractivity contribution in [2.24, 2.45) is 0 Å². The molecule has 0 bridgehead atoms. The van der Waals surface area contributed by atoms with Gasteiger partial charge in [0, 0.05) is 4.90 Å². The summed E-state index contributed by atoms with van der Waals surface area (Å²) < 4.78 is 4.86. The first-order chi connectivity index (χ1) is 7.60. The third kappa shape index (κ3) is 2.77. The Morgan fingerprint density at radius 1 is 1.56 bits per heavy atom. The Hall–Kier alpha value is -1.47. The molecule has 0 radical (unpaired) electrons. The Labute approximate surface area is 100 Å². The summed E-state index contributed by atoms with van der Waals surface area (Å²) in [4.78, 5) is 12.1. The van der Waals surface area contributed by atoms with Crippen LogP contribution >= 0.6 is 12.6 Å². The number of benzene rings is 1. The molecule has 0 heterocycles. The molecule has 0 aliphatic carbocycles. The number of nitriles is 1. The lowest BCUT2D eigenvalue weighted by Crippen LogP contribution is -2.09. The molecule has 84 valence electrons. The molecule has 0 atom stereocenters. The highest BCUT2D eigenvalue weighted by atomic mass is 32.1. The Bertz CT molecular complexity index is 449. The van der Waals surface area contributed by atoms with Gasteiger partial charge in [0.25, 0.3) is 0 Å². The minimum atomic E-state index is -0.333. The molecule has 1 aromatic rings. The van der Waals surface area contributed by atoms with Crippen molar-refractivity contribution in [2.75, 3.05) is 6.61 Å². The first-order valence-corrected chi connectivity index (χ1v) is 5.42. The van der Waals surface area contributed by atoms with Gasteiger partial charge in [0.1, 0.15) is 0 Å². The second-order valence-electron chi connectivity index (χ2n) is 3.35. The predicted octanol–water partition coefficient (Wildman–Crippen LogP) is 2.26. The number of rotatable bonds is 3. The third-order valence-corrected chi connectivity index (χ3v) is 2.85. The molecule has 16 heavy (non-hydrogen) atoms. The summed E-state index contributed by atoms with van der Waals surface area (Å²) in [5.74, 6) is -0.333. The van der Waals surface area contributed by atoms with Crippen molar-refractivity contribution in [3.8, 4) is 6.07 Å². The van der Waals surface area contributed by atoms with Crippen LogP contribution in [0.15, 0.2) is 17.0 Å². The van der Waals surface area contributed by atoms with Gasteiger partial charge in [0.05, 0.1) is 24.7 Å². The number of hydrogen-bond acceptors (Lipinski definition) is 4. The lowest BCUT2D eigenvalue weighted by atomic mass is 10.0. The van der Waals surface area contributed by atoms with Crippen LogP contribution in [-0.4, -0.2) is 12.6 Å². The Morgan fingerprint density at radius 3 is 2.81 bits per heavy atom. The normalized spacial score (nSPS) is 9.62. The Balaban J connectivity index is 3.07. The van der Waals surface area contributed by atoms with Crippen LogP contribution < -0.4 is 0 Å². The van der Waals surface area contributed by atoms with Gasteiger partial charge in [-0.2, -0.15) is 5.26 Å². The minimum Gasteiger partial charge on any atom is -0.466 e. The van der Waals surface area contributed by atoms with E-state index in [-0.39, 0.29) is 12.4 Å². The van der Waals surface area contributed by atoms with E-state index in [0.29, 0.717) is 22.6 Å². The molecule has 0 saturated heterocycles. The van der Waals surface area contributed by atoms with Crippen LogP contribution in [0.25, 0.3) is 0 Å². The largest absolute Gasteiger partial charge is 0.466 e. The van der Waals surface area contributed by atoms with E-state index in [0.717, 1.165) is 5.56 Å². The summed E-state index contributed by atoms with van der Waals surface area (Å²) >= 11 is 4.32. The molecule has 4 heteroatoms. The van der Waals surface area contributed by atoms with Crippen molar-refractivity contribution >= 4 is 18.6 Å². The summed E-state index contributed by atoms with van der Waals surface area (Å²) in [7, 11) is 0. The number of thiol groups is 1. The van der Waals surface area contributed by atoms with Crippen molar-refractivity contribution in [1.29, 1.82) is 5.26 Å². The van der Waals surface area contributed by atoms with Crippen LogP contribution in [0.2, 0.25) is 0 Å². The zero-order valence-electron chi connectivity index (χ0n) is 9.28. The first-order valence-electron chi connectivity index (χ1n) is 4.97. The topological polar surface area (TPSA) is 50.1 Å². The number of carbonyl (C=O) groups is 1. The summed E-state index contributed by atoms with van der Waals surface area (Å²) in [5.41, 5.74) is 2.06. The van der Waals surface area contributed by atoms with E-state index in [4.69, 9.17) is 10.00 Å². The van der Waals surface area contributed by atoms with Crippen LogP contribution in [0.1, 0.15) is 23.6 Å². The van der Waals surface area contributed by atoms with Crippen molar-refractivity contribution in [1.82, 2.24) is 0 Å². The molecule has 1 aromatic carbocycles. The summed E-state index contributed by atoms with van der Waals surface area (Å²) in [6.45, 7) is 3.98. The molecule has 0 fully saturated rings. The number of hydrogen-bond donors (Lipinski definition) is 1. The van der Waals surface area contributed by atoms with Crippen LogP contribution in [0, 0.1) is 18.3 Å². The zero-order chi connectivity index (χ0) is 12.1. The highest BCUT2D eigenvalue weighted by molar-refractivity contribution is 7.80. The molecule has 0 aromatic heterocycles. The monoisotopic (exact) mass is 235 g/mol. The number of aryl methyl sites for hydroxylation is 1. The van der Waals surface area contributed by atoms with Crippen molar-refractivity contribution < 1.29 is 9.53 Å². The van der Waals surface area contributed by atoms with Crippen molar-refractivity contribution in [3.63, 3.8) is 0 Å². The molecule has 0 amide bonds. The second-order valence-corrected chi connectivity index (χ2v) is 3.80. The fourth-order valence-corrected chi connectivity index (χ4v) is 1.67. The van der Waals surface area contributed by atoms with Crippen molar-refractivity contribution in [2.45, 2.75) is 25.2 Å². The van der Waals surface area contributed by atoms with Gasteiger partial charge in [-0.1, -0.05) is 6.07 Å². The van der Waals surface area contributed by atoms with E-state index in [1.807, 2.05) is 13.0 Å². The smallest absolute Gasteiger partial charge is 0.310 e. The van der Waals surface area contributed by atoms with E-state index in [9.17, 15) is 4.79 Å². The van der Waals surface area contributed by atoms with E-state index >= 15 is 0 Å². The van der Waals surface area contributed by atoms with Gasteiger partial charge in [-0.25, -0.2) is 0 Å². The molecule has 0 aliphatic heterocycles. The fourth-order valence-electron chi connectivity index (χ4n) is 1.39.